The average Bonchev–Trinajstić information content (AvgIpc) is 2.27. The minimum absolute atomic E-state index is 0.169. The molecular weight excluding hydrogens is 220 g/mol. The first-order chi connectivity index (χ1) is 8.02. The number of para-hydroxylation sites is 1. The van der Waals surface area contributed by atoms with E-state index in [1.54, 1.807) is 13.0 Å². The minimum Gasteiger partial charge on any atom is -0.505 e. The van der Waals surface area contributed by atoms with Crippen molar-refractivity contribution in [1.82, 2.24) is 5.32 Å². The van der Waals surface area contributed by atoms with Crippen LogP contribution in [-0.2, 0) is 0 Å². The van der Waals surface area contributed by atoms with Crippen molar-refractivity contribution < 1.29 is 15.0 Å². The molecule has 1 atom stereocenters. The number of nitrogen functional groups attached to an aromatic ring is 1. The summed E-state index contributed by atoms with van der Waals surface area (Å²) in [5.74, 6) is -0.555. The molecule has 0 aliphatic carbocycles. The molecule has 0 saturated heterocycles. The number of phenolic OH excluding ortho intramolecular Hbond substituents is 1. The summed E-state index contributed by atoms with van der Waals surface area (Å²) in [7, 11) is 0. The van der Waals surface area contributed by atoms with Crippen molar-refractivity contribution in [3.05, 3.63) is 23.8 Å². The third kappa shape index (κ3) is 3.96. The van der Waals surface area contributed by atoms with Crippen LogP contribution in [-0.4, -0.2) is 28.8 Å². The van der Waals surface area contributed by atoms with Crippen LogP contribution in [0.3, 0.4) is 0 Å². The van der Waals surface area contributed by atoms with Gasteiger partial charge in [0.2, 0.25) is 0 Å². The number of benzene rings is 1. The van der Waals surface area contributed by atoms with Crippen LogP contribution >= 0.6 is 0 Å². The van der Waals surface area contributed by atoms with E-state index >= 15 is 0 Å². The van der Waals surface area contributed by atoms with Gasteiger partial charge in [0.25, 0.3) is 5.91 Å². The smallest absolute Gasteiger partial charge is 0.255 e. The summed E-state index contributed by atoms with van der Waals surface area (Å²) in [5, 5.41) is 21.3. The first-order valence-electron chi connectivity index (χ1n) is 5.56. The molecule has 0 aliphatic heterocycles. The van der Waals surface area contributed by atoms with E-state index in [4.69, 9.17) is 10.8 Å². The highest BCUT2D eigenvalue weighted by Gasteiger charge is 2.12. The van der Waals surface area contributed by atoms with Crippen LogP contribution in [0.4, 0.5) is 5.69 Å². The molecule has 0 bridgehead atoms. The van der Waals surface area contributed by atoms with Crippen LogP contribution in [0.1, 0.15) is 30.1 Å². The topological polar surface area (TPSA) is 95.6 Å². The second-order valence-corrected chi connectivity index (χ2v) is 3.99. The number of amides is 1. The maximum Gasteiger partial charge on any atom is 0.255 e. The minimum atomic E-state index is -0.368. The van der Waals surface area contributed by atoms with Gasteiger partial charge in [0.15, 0.2) is 5.75 Å². The van der Waals surface area contributed by atoms with Crippen LogP contribution in [0.15, 0.2) is 18.2 Å². The lowest BCUT2D eigenvalue weighted by Gasteiger charge is -2.08. The number of aliphatic hydroxyl groups is 1. The van der Waals surface area contributed by atoms with Crippen LogP contribution in [0.25, 0.3) is 0 Å². The summed E-state index contributed by atoms with van der Waals surface area (Å²) in [6.07, 6.45) is 0.947. The predicted octanol–water partition coefficient (Wildman–Crippen LogP) is 0.865. The van der Waals surface area contributed by atoms with Crippen molar-refractivity contribution in [2.24, 2.45) is 0 Å². The van der Waals surface area contributed by atoms with Gasteiger partial charge in [-0.15, -0.1) is 0 Å². The van der Waals surface area contributed by atoms with Gasteiger partial charge in [0, 0.05) is 6.54 Å². The second-order valence-electron chi connectivity index (χ2n) is 3.99. The molecule has 0 radical (unpaired) electrons. The van der Waals surface area contributed by atoms with Gasteiger partial charge in [0.1, 0.15) is 0 Å². The lowest BCUT2D eigenvalue weighted by Crippen LogP contribution is -2.25. The standard InChI is InChI=1S/C12H18N2O3/c1-8(15)4-3-7-14-12(17)9-5-2-6-10(13)11(9)16/h2,5-6,8,15-16H,3-4,7,13H2,1H3,(H,14,17). The van der Waals surface area contributed by atoms with Crippen molar-refractivity contribution >= 4 is 11.6 Å². The molecule has 5 nitrogen and oxygen atoms in total. The Morgan fingerprint density at radius 3 is 2.88 bits per heavy atom. The molecule has 1 amide bonds. The lowest BCUT2D eigenvalue weighted by atomic mass is 10.1. The molecule has 1 rings (SSSR count). The van der Waals surface area contributed by atoms with Gasteiger partial charge in [-0.05, 0) is 31.9 Å². The molecule has 17 heavy (non-hydrogen) atoms. The summed E-state index contributed by atoms with van der Waals surface area (Å²) in [5.41, 5.74) is 5.84. The Hall–Kier alpha value is -1.75. The van der Waals surface area contributed by atoms with Crippen molar-refractivity contribution in [2.75, 3.05) is 12.3 Å². The maximum atomic E-state index is 11.7. The van der Waals surface area contributed by atoms with E-state index in [9.17, 15) is 9.90 Å². The van der Waals surface area contributed by atoms with Crippen molar-refractivity contribution in [2.45, 2.75) is 25.9 Å². The number of nitrogens with one attached hydrogen (secondary N) is 1. The van der Waals surface area contributed by atoms with Crippen LogP contribution < -0.4 is 11.1 Å². The molecule has 1 aromatic carbocycles. The largest absolute Gasteiger partial charge is 0.505 e. The Bertz CT molecular complexity index is 391. The molecule has 0 saturated carbocycles. The third-order valence-electron chi connectivity index (χ3n) is 2.40. The third-order valence-corrected chi connectivity index (χ3v) is 2.40. The second kappa shape index (κ2) is 6.10. The van der Waals surface area contributed by atoms with Crippen LogP contribution in [0, 0.1) is 0 Å². The molecule has 0 fully saturated rings. The van der Waals surface area contributed by atoms with Crippen LogP contribution in [0.2, 0.25) is 0 Å². The zero-order valence-electron chi connectivity index (χ0n) is 9.81. The van der Waals surface area contributed by atoms with E-state index in [1.807, 2.05) is 0 Å². The van der Waals surface area contributed by atoms with Gasteiger partial charge in [-0.3, -0.25) is 4.79 Å². The fourth-order valence-electron chi connectivity index (χ4n) is 1.44. The highest BCUT2D eigenvalue weighted by Crippen LogP contribution is 2.23. The number of aliphatic hydroxyl groups excluding tert-OH is 1. The van der Waals surface area contributed by atoms with Crippen molar-refractivity contribution in [1.29, 1.82) is 0 Å². The fraction of sp³-hybridized carbons (Fsp3) is 0.417. The molecule has 94 valence electrons. The molecule has 5 heteroatoms. The number of carbonyl (C=O) groups is 1. The summed E-state index contributed by atoms with van der Waals surface area (Å²) in [6, 6.07) is 4.65. The van der Waals surface area contributed by atoms with Crippen LogP contribution in [0.5, 0.6) is 5.75 Å². The van der Waals surface area contributed by atoms with Gasteiger partial charge < -0.3 is 21.3 Å². The predicted molar refractivity (Wildman–Crippen MR) is 65.8 cm³/mol. The van der Waals surface area contributed by atoms with E-state index in [2.05, 4.69) is 5.32 Å². The number of carbonyl (C=O) groups excluding carboxylic acids is 1. The lowest BCUT2D eigenvalue weighted by molar-refractivity contribution is 0.0947. The number of rotatable bonds is 5. The maximum absolute atomic E-state index is 11.7. The molecule has 0 spiro atoms. The highest BCUT2D eigenvalue weighted by atomic mass is 16.3. The molecule has 5 N–H and O–H groups in total. The monoisotopic (exact) mass is 238 g/mol. The number of aromatic hydroxyl groups is 1. The molecule has 1 unspecified atom stereocenters. The number of nitrogens with two attached hydrogens (primary N) is 1. The Labute approximate surface area is 100 Å². The van der Waals surface area contributed by atoms with Gasteiger partial charge >= 0.3 is 0 Å². The van der Waals surface area contributed by atoms with Crippen molar-refractivity contribution in [3.8, 4) is 5.75 Å². The zero-order valence-corrected chi connectivity index (χ0v) is 9.81. The number of anilines is 1. The molecule has 0 aliphatic rings. The Morgan fingerprint density at radius 2 is 2.24 bits per heavy atom. The number of hydrogen-bond donors (Lipinski definition) is 4. The SMILES string of the molecule is CC(O)CCCNC(=O)c1cccc(N)c1O. The number of phenols is 1. The Balaban J connectivity index is 2.50. The Kier molecular flexibility index (Phi) is 4.78. The molecule has 1 aromatic rings. The first-order valence-corrected chi connectivity index (χ1v) is 5.56. The summed E-state index contributed by atoms with van der Waals surface area (Å²) in [4.78, 5) is 11.7. The van der Waals surface area contributed by atoms with E-state index in [-0.39, 0.29) is 29.0 Å². The fourth-order valence-corrected chi connectivity index (χ4v) is 1.44. The molecular formula is C12H18N2O3. The quantitative estimate of drug-likeness (QED) is 0.347. The summed E-state index contributed by atoms with van der Waals surface area (Å²) >= 11 is 0. The highest BCUT2D eigenvalue weighted by molar-refractivity contribution is 5.98. The van der Waals surface area contributed by atoms with Gasteiger partial charge in [0.05, 0.1) is 17.4 Å². The Morgan fingerprint density at radius 1 is 1.53 bits per heavy atom. The van der Waals surface area contributed by atoms with Gasteiger partial charge in [-0.1, -0.05) is 6.07 Å². The summed E-state index contributed by atoms with van der Waals surface area (Å²) < 4.78 is 0. The normalized spacial score (nSPS) is 12.1. The van der Waals surface area contributed by atoms with E-state index in [1.165, 1.54) is 12.1 Å². The van der Waals surface area contributed by atoms with E-state index in [0.29, 0.717) is 19.4 Å². The van der Waals surface area contributed by atoms with Crippen molar-refractivity contribution in [3.63, 3.8) is 0 Å². The van der Waals surface area contributed by atoms with Gasteiger partial charge in [-0.2, -0.15) is 0 Å². The molecule has 0 heterocycles. The van der Waals surface area contributed by atoms with E-state index < -0.39 is 0 Å². The molecule has 0 aromatic heterocycles. The zero-order chi connectivity index (χ0) is 12.8. The number of hydrogen-bond acceptors (Lipinski definition) is 4. The van der Waals surface area contributed by atoms with Gasteiger partial charge in [-0.25, -0.2) is 0 Å². The summed E-state index contributed by atoms with van der Waals surface area (Å²) in [6.45, 7) is 2.16. The average molecular weight is 238 g/mol. The first kappa shape index (κ1) is 13.3. The van der Waals surface area contributed by atoms with E-state index in [0.717, 1.165) is 0 Å².